The molecule has 0 radical (unpaired) electrons. The third kappa shape index (κ3) is 3.71. The SMILES string of the molecule is NNC(Cc1ccc(F)c(Cl)c1)c1ccc(Br)c(Cl)c1. The molecule has 1 unspecified atom stereocenters. The average molecular weight is 378 g/mol. The molecule has 2 nitrogen and oxygen atoms in total. The second-order valence-electron chi connectivity index (χ2n) is 4.35. The Kier molecular flexibility index (Phi) is 5.41. The summed E-state index contributed by atoms with van der Waals surface area (Å²) in [5, 5.41) is 0.715. The van der Waals surface area contributed by atoms with Crippen molar-refractivity contribution in [1.29, 1.82) is 0 Å². The molecular weight excluding hydrogens is 366 g/mol. The molecule has 1 atom stereocenters. The van der Waals surface area contributed by atoms with E-state index in [9.17, 15) is 4.39 Å². The Morgan fingerprint density at radius 2 is 1.90 bits per heavy atom. The fourth-order valence-electron chi connectivity index (χ4n) is 1.90. The van der Waals surface area contributed by atoms with Gasteiger partial charge in [-0.2, -0.15) is 0 Å². The third-order valence-corrected chi connectivity index (χ3v) is 4.49. The van der Waals surface area contributed by atoms with Crippen LogP contribution in [0.5, 0.6) is 0 Å². The topological polar surface area (TPSA) is 38.0 Å². The fourth-order valence-corrected chi connectivity index (χ4v) is 2.54. The standard InChI is InChI=1S/C14H12BrCl2FN2/c15-10-3-2-9(7-11(10)16)14(20-19)6-8-1-4-13(18)12(17)5-8/h1-5,7,14,20H,6,19H2. The highest BCUT2D eigenvalue weighted by molar-refractivity contribution is 9.10. The van der Waals surface area contributed by atoms with E-state index >= 15 is 0 Å². The molecule has 0 heterocycles. The molecule has 0 aromatic heterocycles. The molecule has 0 saturated carbocycles. The first kappa shape index (κ1) is 15.7. The van der Waals surface area contributed by atoms with E-state index in [0.717, 1.165) is 15.6 Å². The van der Waals surface area contributed by atoms with Gasteiger partial charge in [-0.15, -0.1) is 0 Å². The van der Waals surface area contributed by atoms with Gasteiger partial charge in [-0.1, -0.05) is 35.3 Å². The van der Waals surface area contributed by atoms with Crippen molar-refractivity contribution < 1.29 is 4.39 Å². The molecule has 0 aliphatic carbocycles. The van der Waals surface area contributed by atoms with Crippen molar-refractivity contribution in [2.75, 3.05) is 0 Å². The van der Waals surface area contributed by atoms with Crippen LogP contribution in [0.2, 0.25) is 10.0 Å². The fraction of sp³-hybridized carbons (Fsp3) is 0.143. The lowest BCUT2D eigenvalue weighted by Crippen LogP contribution is -2.29. The van der Waals surface area contributed by atoms with Crippen molar-refractivity contribution in [3.8, 4) is 0 Å². The lowest BCUT2D eigenvalue weighted by Gasteiger charge is -2.17. The highest BCUT2D eigenvalue weighted by atomic mass is 79.9. The van der Waals surface area contributed by atoms with Crippen LogP contribution in [0.4, 0.5) is 4.39 Å². The smallest absolute Gasteiger partial charge is 0.141 e. The monoisotopic (exact) mass is 376 g/mol. The summed E-state index contributed by atoms with van der Waals surface area (Å²) in [7, 11) is 0. The molecular formula is C14H12BrCl2FN2. The number of nitrogens with one attached hydrogen (secondary N) is 1. The summed E-state index contributed by atoms with van der Waals surface area (Å²) in [5.41, 5.74) is 4.57. The van der Waals surface area contributed by atoms with Crippen molar-refractivity contribution in [1.82, 2.24) is 5.43 Å². The molecule has 20 heavy (non-hydrogen) atoms. The lowest BCUT2D eigenvalue weighted by atomic mass is 9.99. The van der Waals surface area contributed by atoms with Gasteiger partial charge in [-0.25, -0.2) is 4.39 Å². The molecule has 0 spiro atoms. The molecule has 0 aliphatic rings. The number of hydrogen-bond acceptors (Lipinski definition) is 2. The third-order valence-electron chi connectivity index (χ3n) is 2.97. The van der Waals surface area contributed by atoms with Crippen LogP contribution in [-0.4, -0.2) is 0 Å². The number of hydrazine groups is 1. The van der Waals surface area contributed by atoms with Gasteiger partial charge < -0.3 is 0 Å². The first-order chi connectivity index (χ1) is 9.51. The number of benzene rings is 2. The molecule has 0 fully saturated rings. The first-order valence-corrected chi connectivity index (χ1v) is 7.41. The maximum absolute atomic E-state index is 13.1. The van der Waals surface area contributed by atoms with Crippen LogP contribution in [-0.2, 0) is 6.42 Å². The minimum Gasteiger partial charge on any atom is -0.271 e. The van der Waals surface area contributed by atoms with E-state index < -0.39 is 5.82 Å². The Morgan fingerprint density at radius 1 is 1.15 bits per heavy atom. The molecule has 2 rings (SSSR count). The van der Waals surface area contributed by atoms with Crippen LogP contribution in [0.3, 0.4) is 0 Å². The van der Waals surface area contributed by atoms with E-state index in [2.05, 4.69) is 21.4 Å². The molecule has 2 aromatic carbocycles. The molecule has 0 amide bonds. The van der Waals surface area contributed by atoms with E-state index in [4.69, 9.17) is 29.0 Å². The van der Waals surface area contributed by atoms with Crippen molar-refractivity contribution in [2.45, 2.75) is 12.5 Å². The maximum atomic E-state index is 13.1. The van der Waals surface area contributed by atoms with Gasteiger partial charge in [0.1, 0.15) is 5.82 Å². The van der Waals surface area contributed by atoms with Crippen molar-refractivity contribution in [3.63, 3.8) is 0 Å². The predicted octanol–water partition coefficient (Wildman–Crippen LogP) is 4.64. The zero-order chi connectivity index (χ0) is 14.7. The molecule has 106 valence electrons. The van der Waals surface area contributed by atoms with Crippen LogP contribution in [0.25, 0.3) is 0 Å². The summed E-state index contributed by atoms with van der Waals surface area (Å²) < 4.78 is 14.0. The minimum absolute atomic E-state index is 0.104. The minimum atomic E-state index is -0.431. The molecule has 0 bridgehead atoms. The summed E-state index contributed by atoms with van der Waals surface area (Å²) in [6, 6.07) is 10.1. The molecule has 3 N–H and O–H groups in total. The Labute approximate surface area is 135 Å². The van der Waals surface area contributed by atoms with E-state index in [0.29, 0.717) is 11.4 Å². The second-order valence-corrected chi connectivity index (χ2v) is 6.01. The van der Waals surface area contributed by atoms with Crippen molar-refractivity contribution >= 4 is 39.1 Å². The summed E-state index contributed by atoms with van der Waals surface area (Å²) in [4.78, 5) is 0. The summed E-state index contributed by atoms with van der Waals surface area (Å²) in [5.74, 6) is 5.17. The maximum Gasteiger partial charge on any atom is 0.141 e. The summed E-state index contributed by atoms with van der Waals surface area (Å²) >= 11 is 15.2. The lowest BCUT2D eigenvalue weighted by molar-refractivity contribution is 0.551. The Balaban J connectivity index is 2.23. The quantitative estimate of drug-likeness (QED) is 0.601. The highest BCUT2D eigenvalue weighted by Gasteiger charge is 2.13. The van der Waals surface area contributed by atoms with Crippen LogP contribution in [0, 0.1) is 5.82 Å². The molecule has 6 heteroatoms. The van der Waals surface area contributed by atoms with Crippen LogP contribution < -0.4 is 11.3 Å². The predicted molar refractivity (Wildman–Crippen MR) is 84.3 cm³/mol. The van der Waals surface area contributed by atoms with Crippen molar-refractivity contribution in [2.24, 2.45) is 5.84 Å². The van der Waals surface area contributed by atoms with Gasteiger partial charge in [0.15, 0.2) is 0 Å². The van der Waals surface area contributed by atoms with Gasteiger partial charge >= 0.3 is 0 Å². The van der Waals surface area contributed by atoms with Gasteiger partial charge in [0.2, 0.25) is 0 Å². The molecule has 2 aromatic rings. The van der Waals surface area contributed by atoms with Crippen LogP contribution >= 0.6 is 39.1 Å². The van der Waals surface area contributed by atoms with Gasteiger partial charge in [-0.05, 0) is 57.7 Å². The zero-order valence-corrected chi connectivity index (χ0v) is 13.4. The number of nitrogens with two attached hydrogens (primary N) is 1. The van der Waals surface area contributed by atoms with E-state index in [-0.39, 0.29) is 11.1 Å². The highest BCUT2D eigenvalue weighted by Crippen LogP contribution is 2.28. The second kappa shape index (κ2) is 6.87. The van der Waals surface area contributed by atoms with Crippen molar-refractivity contribution in [3.05, 3.63) is 67.9 Å². The van der Waals surface area contributed by atoms with Gasteiger partial charge in [0, 0.05) is 4.47 Å². The normalized spacial score (nSPS) is 12.4. The first-order valence-electron chi connectivity index (χ1n) is 5.86. The summed E-state index contributed by atoms with van der Waals surface area (Å²) in [6.45, 7) is 0. The molecule has 0 aliphatic heterocycles. The van der Waals surface area contributed by atoms with E-state index in [1.54, 1.807) is 12.1 Å². The van der Waals surface area contributed by atoms with E-state index in [1.165, 1.54) is 6.07 Å². The Hall–Kier alpha value is -0.650. The number of rotatable bonds is 4. The van der Waals surface area contributed by atoms with Crippen LogP contribution in [0.1, 0.15) is 17.2 Å². The number of hydrogen-bond donors (Lipinski definition) is 2. The number of halogens is 4. The average Bonchev–Trinajstić information content (AvgIpc) is 2.43. The van der Waals surface area contributed by atoms with Crippen LogP contribution in [0.15, 0.2) is 40.9 Å². The van der Waals surface area contributed by atoms with Gasteiger partial charge in [0.25, 0.3) is 0 Å². The zero-order valence-electron chi connectivity index (χ0n) is 10.3. The Morgan fingerprint density at radius 3 is 2.50 bits per heavy atom. The van der Waals surface area contributed by atoms with Gasteiger partial charge in [0.05, 0.1) is 16.1 Å². The van der Waals surface area contributed by atoms with Gasteiger partial charge in [-0.3, -0.25) is 11.3 Å². The molecule has 0 saturated heterocycles. The van der Waals surface area contributed by atoms with E-state index in [1.807, 2.05) is 18.2 Å². The Bertz CT molecular complexity index is 622. The largest absolute Gasteiger partial charge is 0.271 e. The summed E-state index contributed by atoms with van der Waals surface area (Å²) in [6.07, 6.45) is 0.578.